The Morgan fingerprint density at radius 1 is 1.17 bits per heavy atom. The molecule has 7 nitrogen and oxygen atoms in total. The molecule has 1 N–H and O–H groups in total. The highest BCUT2D eigenvalue weighted by Gasteiger charge is 2.38. The lowest BCUT2D eigenvalue weighted by molar-refractivity contribution is -0.192. The molecule has 3 aromatic rings. The first-order chi connectivity index (χ1) is 16.9. The standard InChI is InChI=1S/C24H29N3O2.C2HF3O2/c1-17-20-10-9-19(29-4)15-18(20)11-12-27(17)24(28)22-16-26(14-13-25(2)3)23-8-6-5-7-21(22)23;3-2(4,5)1(6)7/h5-10,15-17H,11-14H2,1-4H3;(H,6,7). The van der Waals surface area contributed by atoms with E-state index in [1.807, 2.05) is 29.3 Å². The van der Waals surface area contributed by atoms with E-state index >= 15 is 0 Å². The number of para-hydroxylation sites is 1. The van der Waals surface area contributed by atoms with Gasteiger partial charge in [0.15, 0.2) is 0 Å². The maximum Gasteiger partial charge on any atom is 0.490 e. The summed E-state index contributed by atoms with van der Waals surface area (Å²) in [5.74, 6) is -1.77. The zero-order valence-electron chi connectivity index (χ0n) is 20.7. The number of benzene rings is 2. The predicted molar refractivity (Wildman–Crippen MR) is 130 cm³/mol. The van der Waals surface area contributed by atoms with E-state index in [2.05, 4.69) is 54.8 Å². The van der Waals surface area contributed by atoms with Gasteiger partial charge in [0.25, 0.3) is 5.91 Å². The monoisotopic (exact) mass is 505 g/mol. The van der Waals surface area contributed by atoms with E-state index in [1.54, 1.807) is 7.11 Å². The summed E-state index contributed by atoms with van der Waals surface area (Å²) in [6, 6.07) is 14.4. The molecule has 36 heavy (non-hydrogen) atoms. The van der Waals surface area contributed by atoms with Crippen LogP contribution < -0.4 is 4.74 Å². The van der Waals surface area contributed by atoms with Crippen LogP contribution in [0.25, 0.3) is 10.9 Å². The maximum absolute atomic E-state index is 13.6. The number of nitrogens with zero attached hydrogens (tertiary/aromatic N) is 3. The largest absolute Gasteiger partial charge is 0.497 e. The molecule has 0 saturated heterocycles. The Morgan fingerprint density at radius 2 is 1.83 bits per heavy atom. The first-order valence-corrected chi connectivity index (χ1v) is 11.4. The van der Waals surface area contributed by atoms with Gasteiger partial charge in [-0.25, -0.2) is 4.79 Å². The molecule has 0 saturated carbocycles. The number of carbonyl (C=O) groups excluding carboxylic acids is 1. The van der Waals surface area contributed by atoms with Crippen molar-refractivity contribution in [3.63, 3.8) is 0 Å². The lowest BCUT2D eigenvalue weighted by atomic mass is 9.92. The molecule has 1 amide bonds. The number of ether oxygens (including phenoxy) is 1. The number of hydrogen-bond donors (Lipinski definition) is 1. The second-order valence-corrected chi connectivity index (χ2v) is 8.85. The molecule has 194 valence electrons. The molecular weight excluding hydrogens is 475 g/mol. The molecule has 1 atom stereocenters. The van der Waals surface area contributed by atoms with Crippen LogP contribution in [0, 0.1) is 0 Å². The van der Waals surface area contributed by atoms with E-state index in [0.29, 0.717) is 0 Å². The number of amides is 1. The van der Waals surface area contributed by atoms with Crippen molar-refractivity contribution in [3.05, 3.63) is 65.4 Å². The highest BCUT2D eigenvalue weighted by Crippen LogP contribution is 2.34. The Kier molecular flexibility index (Phi) is 8.29. The molecule has 10 heteroatoms. The Morgan fingerprint density at radius 3 is 2.44 bits per heavy atom. The van der Waals surface area contributed by atoms with Crippen LogP contribution in [0.1, 0.15) is 34.5 Å². The van der Waals surface area contributed by atoms with Crippen molar-refractivity contribution in [3.8, 4) is 5.75 Å². The molecule has 2 aromatic carbocycles. The molecule has 4 rings (SSSR count). The summed E-state index contributed by atoms with van der Waals surface area (Å²) in [5.41, 5.74) is 4.40. The number of carbonyl (C=O) groups is 2. The van der Waals surface area contributed by atoms with Crippen LogP contribution in [0.15, 0.2) is 48.7 Å². The average molecular weight is 506 g/mol. The van der Waals surface area contributed by atoms with Crippen molar-refractivity contribution in [2.24, 2.45) is 0 Å². The maximum atomic E-state index is 13.6. The molecule has 0 fully saturated rings. The van der Waals surface area contributed by atoms with Gasteiger partial charge < -0.3 is 24.2 Å². The quantitative estimate of drug-likeness (QED) is 0.549. The van der Waals surface area contributed by atoms with Crippen LogP contribution in [-0.2, 0) is 17.8 Å². The van der Waals surface area contributed by atoms with E-state index in [4.69, 9.17) is 14.6 Å². The van der Waals surface area contributed by atoms with Crippen molar-refractivity contribution in [2.75, 3.05) is 34.3 Å². The highest BCUT2D eigenvalue weighted by molar-refractivity contribution is 6.07. The smallest absolute Gasteiger partial charge is 0.490 e. The molecule has 0 radical (unpaired) electrons. The third kappa shape index (κ3) is 5.99. The van der Waals surface area contributed by atoms with Gasteiger partial charge in [-0.3, -0.25) is 4.79 Å². The number of fused-ring (bicyclic) bond motifs is 2. The van der Waals surface area contributed by atoms with Gasteiger partial charge in [-0.1, -0.05) is 24.3 Å². The minimum atomic E-state index is -5.08. The summed E-state index contributed by atoms with van der Waals surface area (Å²) in [7, 11) is 5.83. The number of methoxy groups -OCH3 is 1. The van der Waals surface area contributed by atoms with E-state index in [0.717, 1.165) is 48.3 Å². The van der Waals surface area contributed by atoms with E-state index in [9.17, 15) is 18.0 Å². The molecule has 1 aliphatic rings. The number of aromatic nitrogens is 1. The third-order valence-electron chi connectivity index (χ3n) is 6.20. The van der Waals surface area contributed by atoms with Crippen LogP contribution in [-0.4, -0.2) is 71.8 Å². The summed E-state index contributed by atoms with van der Waals surface area (Å²) in [6.07, 6.45) is -2.20. The lowest BCUT2D eigenvalue weighted by Crippen LogP contribution is -2.38. The van der Waals surface area contributed by atoms with E-state index < -0.39 is 12.1 Å². The zero-order valence-corrected chi connectivity index (χ0v) is 20.7. The molecule has 0 spiro atoms. The fraction of sp³-hybridized carbons (Fsp3) is 0.385. The Labute approximate surface area is 207 Å². The molecule has 2 heterocycles. The van der Waals surface area contributed by atoms with Crippen LogP contribution >= 0.6 is 0 Å². The normalized spacial score (nSPS) is 15.3. The number of alkyl halides is 3. The van der Waals surface area contributed by atoms with E-state index in [-0.39, 0.29) is 11.9 Å². The van der Waals surface area contributed by atoms with Gasteiger partial charge in [0, 0.05) is 36.7 Å². The minimum Gasteiger partial charge on any atom is -0.497 e. The molecule has 1 unspecified atom stereocenters. The number of rotatable bonds is 5. The Hall–Kier alpha value is -3.53. The zero-order chi connectivity index (χ0) is 26.6. The summed E-state index contributed by atoms with van der Waals surface area (Å²) >= 11 is 0. The number of halogens is 3. The Balaban J connectivity index is 0.000000454. The van der Waals surface area contributed by atoms with Crippen molar-refractivity contribution < 1.29 is 32.6 Å². The number of aliphatic carboxylic acids is 1. The van der Waals surface area contributed by atoms with Gasteiger partial charge in [0.1, 0.15) is 5.75 Å². The predicted octanol–water partition coefficient (Wildman–Crippen LogP) is 4.60. The first kappa shape index (κ1) is 27.1. The molecule has 1 aliphatic heterocycles. The summed E-state index contributed by atoms with van der Waals surface area (Å²) in [4.78, 5) is 26.6. The topological polar surface area (TPSA) is 75.0 Å². The average Bonchev–Trinajstić information content (AvgIpc) is 3.21. The number of carboxylic acid groups (broad SMARTS) is 1. The molecule has 1 aromatic heterocycles. The van der Waals surface area contributed by atoms with Crippen LogP contribution in [0.4, 0.5) is 13.2 Å². The van der Waals surface area contributed by atoms with Crippen molar-refractivity contribution in [1.29, 1.82) is 0 Å². The van der Waals surface area contributed by atoms with Gasteiger partial charge in [-0.05, 0) is 56.8 Å². The van der Waals surface area contributed by atoms with Crippen molar-refractivity contribution >= 4 is 22.8 Å². The van der Waals surface area contributed by atoms with Gasteiger partial charge in [-0.15, -0.1) is 0 Å². The summed E-state index contributed by atoms with van der Waals surface area (Å²) in [6.45, 7) is 4.63. The van der Waals surface area contributed by atoms with Crippen LogP contribution in [0.3, 0.4) is 0 Å². The number of likely N-dealkylation sites (N-methyl/N-ethyl adjacent to an activating group) is 1. The highest BCUT2D eigenvalue weighted by atomic mass is 19.4. The minimum absolute atomic E-state index is 0.0426. The second-order valence-electron chi connectivity index (χ2n) is 8.85. The van der Waals surface area contributed by atoms with Gasteiger partial charge in [0.2, 0.25) is 0 Å². The van der Waals surface area contributed by atoms with Crippen molar-refractivity contribution in [1.82, 2.24) is 14.4 Å². The second kappa shape index (κ2) is 11.0. The van der Waals surface area contributed by atoms with Gasteiger partial charge in [-0.2, -0.15) is 13.2 Å². The first-order valence-electron chi connectivity index (χ1n) is 11.4. The lowest BCUT2D eigenvalue weighted by Gasteiger charge is -2.35. The van der Waals surface area contributed by atoms with Crippen LogP contribution in [0.5, 0.6) is 5.75 Å². The van der Waals surface area contributed by atoms with Gasteiger partial charge in [0.05, 0.1) is 18.7 Å². The summed E-state index contributed by atoms with van der Waals surface area (Å²) in [5, 5.41) is 8.16. The Bertz CT molecular complexity index is 1240. The van der Waals surface area contributed by atoms with Crippen molar-refractivity contribution in [2.45, 2.75) is 32.1 Å². The summed E-state index contributed by atoms with van der Waals surface area (Å²) < 4.78 is 39.3. The van der Waals surface area contributed by atoms with Gasteiger partial charge >= 0.3 is 12.1 Å². The number of carboxylic acids is 1. The number of hydrogen-bond acceptors (Lipinski definition) is 4. The molecule has 0 bridgehead atoms. The van der Waals surface area contributed by atoms with E-state index in [1.165, 1.54) is 11.1 Å². The van der Waals surface area contributed by atoms with Crippen LogP contribution in [0.2, 0.25) is 0 Å². The molecular formula is C26H30F3N3O4. The molecule has 0 aliphatic carbocycles. The third-order valence-corrected chi connectivity index (χ3v) is 6.20. The fourth-order valence-electron chi connectivity index (χ4n) is 4.28. The SMILES string of the molecule is COc1ccc2c(c1)CCN(C(=O)c1cn(CCN(C)C)c3ccccc13)C2C.O=C(O)C(F)(F)F. The fourth-order valence-corrected chi connectivity index (χ4v) is 4.28.